The van der Waals surface area contributed by atoms with E-state index in [1.165, 1.54) is 135 Å². The minimum Gasteiger partial charge on any atom is -0.473 e. The highest BCUT2D eigenvalue weighted by Crippen LogP contribution is 2.37. The fraction of sp³-hybridized carbons (Fsp3) is 0.229. The SMILES string of the molecule is COC(=O)N1C[C@@H](n2c(Cc3cc(F)c(-c4cccc(OCc5ccc(C#N)cc5F)n4)cc3F)nc3ccc(C(=O)OC(=O)c4ccc5nc(Cc6cc(F)c(-c7cccc(OCc8ccc(C#N)cc8F)n7)cc6F)n([C@@H]6CN(C(=O)OC)C[C@H]6OC)c5c4)cc32)[C@H](OC)C1. The van der Waals surface area contributed by atoms with Crippen LogP contribution in [-0.4, -0.2) is 130 Å². The number of nitriles is 2. The highest BCUT2D eigenvalue weighted by atomic mass is 19.1. The van der Waals surface area contributed by atoms with Crippen LogP contribution in [0.15, 0.2) is 133 Å². The second-order valence-electron chi connectivity index (χ2n) is 22.6. The lowest BCUT2D eigenvalue weighted by molar-refractivity contribution is 0.0397. The number of amides is 2. The maximum atomic E-state index is 16.5. The highest BCUT2D eigenvalue weighted by Gasteiger charge is 2.41. The molecule has 0 saturated carbocycles. The van der Waals surface area contributed by atoms with E-state index in [4.69, 9.17) is 53.6 Å². The molecular weight excluding hydrogens is 1270 g/mol. The fourth-order valence-corrected chi connectivity index (χ4v) is 12.0. The van der Waals surface area contributed by atoms with E-state index in [9.17, 15) is 28.0 Å². The summed E-state index contributed by atoms with van der Waals surface area (Å²) in [4.78, 5) is 75.5. The predicted octanol–water partition coefficient (Wildman–Crippen LogP) is 11.7. The molecular formula is C70H54F6N10O11. The topological polar surface area (TPSA) is 248 Å². The van der Waals surface area contributed by atoms with Crippen molar-refractivity contribution in [3.63, 3.8) is 0 Å². The Labute approximate surface area is 548 Å². The molecule has 6 heterocycles. The summed E-state index contributed by atoms with van der Waals surface area (Å²) in [6.07, 6.45) is -3.46. The Kier molecular flexibility index (Phi) is 18.7. The molecule has 0 bridgehead atoms. The van der Waals surface area contributed by atoms with Crippen molar-refractivity contribution in [2.45, 2.75) is 50.3 Å². The number of halogens is 6. The largest absolute Gasteiger partial charge is 0.473 e. The van der Waals surface area contributed by atoms with Gasteiger partial charge in [0.25, 0.3) is 0 Å². The van der Waals surface area contributed by atoms with Gasteiger partial charge in [0, 0.05) is 74.5 Å². The number of esters is 2. The number of likely N-dealkylation sites (tertiary alicyclic amines) is 2. The number of pyridine rings is 2. The van der Waals surface area contributed by atoms with Crippen LogP contribution in [0.25, 0.3) is 44.6 Å². The Balaban J connectivity index is 0.825. The van der Waals surface area contributed by atoms with Gasteiger partial charge in [0.05, 0.1) is 119 Å². The van der Waals surface area contributed by atoms with Gasteiger partial charge in [-0.15, -0.1) is 0 Å². The van der Waals surface area contributed by atoms with Gasteiger partial charge < -0.3 is 52.1 Å². The van der Waals surface area contributed by atoms with Crippen molar-refractivity contribution in [2.24, 2.45) is 0 Å². The number of nitrogens with zero attached hydrogens (tertiary/aromatic N) is 10. The van der Waals surface area contributed by atoms with E-state index in [1.807, 2.05) is 12.1 Å². The number of carbonyl (C=O) groups excluding carboxylic acids is 4. The zero-order valence-corrected chi connectivity index (χ0v) is 51.9. The van der Waals surface area contributed by atoms with E-state index >= 15 is 17.6 Å². The Morgan fingerprint density at radius 3 is 1.27 bits per heavy atom. The van der Waals surface area contributed by atoms with Crippen molar-refractivity contribution in [3.05, 3.63) is 225 Å². The van der Waals surface area contributed by atoms with Gasteiger partial charge in [-0.3, -0.25) is 0 Å². The predicted molar refractivity (Wildman–Crippen MR) is 333 cm³/mol. The minimum absolute atomic E-state index is 0.000382. The maximum Gasteiger partial charge on any atom is 0.409 e. The molecule has 97 heavy (non-hydrogen) atoms. The third-order valence-electron chi connectivity index (χ3n) is 16.9. The first-order chi connectivity index (χ1) is 46.8. The third kappa shape index (κ3) is 13.4. The average Bonchev–Trinajstić information content (AvgIpc) is 1.64. The van der Waals surface area contributed by atoms with Gasteiger partial charge >= 0.3 is 24.1 Å². The molecule has 2 aliphatic heterocycles. The zero-order chi connectivity index (χ0) is 68.3. The van der Waals surface area contributed by atoms with Crippen LogP contribution in [0.5, 0.6) is 11.8 Å². The minimum atomic E-state index is -1.12. The number of rotatable bonds is 18. The first-order valence-corrected chi connectivity index (χ1v) is 29.9. The molecule has 2 amide bonds. The molecule has 4 atom stereocenters. The number of imidazole rings is 2. The smallest absolute Gasteiger partial charge is 0.409 e. The van der Waals surface area contributed by atoms with Gasteiger partial charge in [0.2, 0.25) is 11.8 Å². The van der Waals surface area contributed by atoms with Crippen LogP contribution in [0.1, 0.15) is 77.8 Å². The van der Waals surface area contributed by atoms with Gasteiger partial charge in [-0.25, -0.2) is 65.5 Å². The number of hydrogen-bond acceptors (Lipinski definition) is 17. The molecule has 0 aliphatic carbocycles. The molecule has 27 heteroatoms. The summed E-state index contributed by atoms with van der Waals surface area (Å²) in [5.74, 6) is -6.72. The monoisotopic (exact) mass is 1320 g/mol. The lowest BCUT2D eigenvalue weighted by Gasteiger charge is -2.22. The van der Waals surface area contributed by atoms with Crippen LogP contribution in [0.3, 0.4) is 0 Å². The van der Waals surface area contributed by atoms with Crippen molar-refractivity contribution < 1.29 is 78.7 Å². The van der Waals surface area contributed by atoms with Crippen molar-refractivity contribution in [1.29, 1.82) is 10.5 Å². The van der Waals surface area contributed by atoms with Crippen molar-refractivity contribution in [1.82, 2.24) is 38.9 Å². The van der Waals surface area contributed by atoms with E-state index in [2.05, 4.69) is 9.97 Å². The average molecular weight is 1330 g/mol. The Hall–Kier alpha value is -11.7. The molecule has 2 saturated heterocycles. The lowest BCUT2D eigenvalue weighted by Crippen LogP contribution is -2.29. The summed E-state index contributed by atoms with van der Waals surface area (Å²) in [5.41, 5.74) is 0.555. The normalized spacial score (nSPS) is 15.9. The quantitative estimate of drug-likeness (QED) is 0.0335. The van der Waals surface area contributed by atoms with Gasteiger partial charge in [-0.05, 0) is 108 Å². The molecule has 21 nitrogen and oxygen atoms in total. The van der Waals surface area contributed by atoms with E-state index in [1.54, 1.807) is 9.13 Å². The number of fused-ring (bicyclic) bond motifs is 2. The molecule has 4 aromatic heterocycles. The van der Waals surface area contributed by atoms with Crippen LogP contribution < -0.4 is 9.47 Å². The summed E-state index contributed by atoms with van der Waals surface area (Å²) in [5, 5.41) is 18.2. The Morgan fingerprint density at radius 2 is 0.887 bits per heavy atom. The number of hydrogen-bond donors (Lipinski definition) is 0. The second kappa shape index (κ2) is 27.7. The van der Waals surface area contributed by atoms with E-state index in [-0.39, 0.29) is 165 Å². The standard InChI is InChI=1S/C70H54F6N10O11/c1-91-61-33-83(69(89)93-3)31-59(61)85-57-23-39(15-17-55(57)79-63(85)25-43-21-51(75)45(27-49(43)73)53-7-5-9-65(81-53)95-35-41-13-11-37(29-77)19-47(41)71)67(87)97-68(88)40-16-18-56-58(24-40)86(60-32-84(70(90)94-4)34-62(60)92-2)64(80-56)26-44-22-52(76)46(28-50(44)74)54-8-6-10-66(82-54)96-36-42-14-12-38(30-78)20-48(42)72/h5-24,27-28,59-62H,25-26,31-36H2,1-4H3/t59-,60-,61-,62-/m1/s1. The Morgan fingerprint density at radius 1 is 0.474 bits per heavy atom. The molecule has 492 valence electrons. The fourth-order valence-electron chi connectivity index (χ4n) is 12.0. The number of carbonyl (C=O) groups is 4. The third-order valence-corrected chi connectivity index (χ3v) is 16.9. The first-order valence-electron chi connectivity index (χ1n) is 29.9. The van der Waals surface area contributed by atoms with Crippen LogP contribution in [0, 0.1) is 57.6 Å². The number of ether oxygens (including phenoxy) is 7. The summed E-state index contributed by atoms with van der Waals surface area (Å²) in [6, 6.07) is 31.1. The molecule has 10 aromatic rings. The number of methoxy groups -OCH3 is 4. The lowest BCUT2D eigenvalue weighted by atomic mass is 10.0. The van der Waals surface area contributed by atoms with Crippen LogP contribution >= 0.6 is 0 Å². The maximum absolute atomic E-state index is 16.5. The van der Waals surface area contributed by atoms with E-state index in [0.29, 0.717) is 0 Å². The Bertz CT molecular complexity index is 4580. The van der Waals surface area contributed by atoms with E-state index in [0.717, 1.165) is 36.4 Å². The number of benzene rings is 6. The summed E-state index contributed by atoms with van der Waals surface area (Å²) in [6.45, 7) is -0.488. The van der Waals surface area contributed by atoms with Gasteiger partial charge in [0.15, 0.2) is 0 Å². The molecule has 0 N–H and O–H groups in total. The van der Waals surface area contributed by atoms with Crippen LogP contribution in [-0.2, 0) is 49.7 Å². The second-order valence-corrected chi connectivity index (χ2v) is 22.6. The van der Waals surface area contributed by atoms with Crippen LogP contribution in [0.4, 0.5) is 35.9 Å². The molecule has 0 radical (unpaired) electrons. The van der Waals surface area contributed by atoms with Crippen molar-refractivity contribution >= 4 is 46.2 Å². The molecule has 2 aliphatic rings. The number of aromatic nitrogens is 6. The molecule has 0 unspecified atom stereocenters. The van der Waals surface area contributed by atoms with Gasteiger partial charge in [-0.2, -0.15) is 10.5 Å². The van der Waals surface area contributed by atoms with Crippen LogP contribution in [0.2, 0.25) is 0 Å². The highest BCUT2D eigenvalue weighted by molar-refractivity contribution is 6.05. The summed E-state index contributed by atoms with van der Waals surface area (Å²) < 4.78 is 137. The summed E-state index contributed by atoms with van der Waals surface area (Å²) in [7, 11) is 5.28. The van der Waals surface area contributed by atoms with Gasteiger partial charge in [0.1, 0.15) is 59.8 Å². The molecule has 2 fully saturated rings. The van der Waals surface area contributed by atoms with Crippen molar-refractivity contribution in [3.8, 4) is 46.4 Å². The van der Waals surface area contributed by atoms with Crippen molar-refractivity contribution in [2.75, 3.05) is 54.6 Å². The van der Waals surface area contributed by atoms with Gasteiger partial charge in [-0.1, -0.05) is 24.3 Å². The molecule has 0 spiro atoms. The molecule has 6 aromatic carbocycles. The summed E-state index contributed by atoms with van der Waals surface area (Å²) >= 11 is 0. The zero-order valence-electron chi connectivity index (χ0n) is 51.9. The van der Waals surface area contributed by atoms with E-state index < -0.39 is 83.3 Å². The first kappa shape index (κ1) is 65.4. The molecule has 12 rings (SSSR count).